The third-order valence-corrected chi connectivity index (χ3v) is 5.75. The fourth-order valence-corrected chi connectivity index (χ4v) is 3.98. The number of rotatable bonds is 7. The van der Waals surface area contributed by atoms with E-state index in [4.69, 9.17) is 16.3 Å². The van der Waals surface area contributed by atoms with Crippen LogP contribution in [-0.4, -0.2) is 60.1 Å². The van der Waals surface area contributed by atoms with E-state index >= 15 is 0 Å². The van der Waals surface area contributed by atoms with Gasteiger partial charge in [0.05, 0.1) is 22.6 Å². The monoisotopic (exact) mass is 460 g/mol. The standard InChI is InChI=1S/C21H21ClN4O4S/c1-24(2)10-11-25-20(27)19(13-14-4-9-17(22)18(12-14)26(28)29)31-21(25)23-15-5-7-16(30-3)8-6-15/h4-9,12-13H,10-11H2,1-3H3. The molecule has 0 radical (unpaired) electrons. The first-order chi connectivity index (χ1) is 14.8. The molecule has 31 heavy (non-hydrogen) atoms. The van der Waals surface area contributed by atoms with E-state index in [0.717, 1.165) is 0 Å². The molecule has 0 unspecified atom stereocenters. The molecular formula is C21H21ClN4O4S. The van der Waals surface area contributed by atoms with Gasteiger partial charge in [0.2, 0.25) is 0 Å². The molecule has 0 aliphatic carbocycles. The summed E-state index contributed by atoms with van der Waals surface area (Å²) in [6.45, 7) is 1.12. The first kappa shape index (κ1) is 22.8. The van der Waals surface area contributed by atoms with Crippen molar-refractivity contribution < 1.29 is 14.5 Å². The highest BCUT2D eigenvalue weighted by Crippen LogP contribution is 2.35. The van der Waals surface area contributed by atoms with Gasteiger partial charge in [-0.2, -0.15) is 0 Å². The number of benzene rings is 2. The van der Waals surface area contributed by atoms with E-state index in [1.165, 1.54) is 23.9 Å². The molecule has 3 rings (SSSR count). The van der Waals surface area contributed by atoms with Gasteiger partial charge in [-0.25, -0.2) is 4.99 Å². The van der Waals surface area contributed by atoms with Gasteiger partial charge in [0.25, 0.3) is 11.6 Å². The van der Waals surface area contributed by atoms with Crippen molar-refractivity contribution in [2.45, 2.75) is 0 Å². The van der Waals surface area contributed by atoms with Crippen LogP contribution in [0.15, 0.2) is 52.4 Å². The summed E-state index contributed by atoms with van der Waals surface area (Å²) >= 11 is 7.12. The smallest absolute Gasteiger partial charge is 0.288 e. The van der Waals surface area contributed by atoms with Crippen LogP contribution in [0.4, 0.5) is 11.4 Å². The lowest BCUT2D eigenvalue weighted by atomic mass is 10.2. The Bertz CT molecular complexity index is 1050. The van der Waals surface area contributed by atoms with Crippen molar-refractivity contribution >= 4 is 51.9 Å². The number of amides is 1. The van der Waals surface area contributed by atoms with Crippen LogP contribution in [0, 0.1) is 10.1 Å². The van der Waals surface area contributed by atoms with Crippen molar-refractivity contribution in [2.75, 3.05) is 34.3 Å². The molecular weight excluding hydrogens is 440 g/mol. The number of nitro groups is 1. The van der Waals surface area contributed by atoms with Gasteiger partial charge < -0.3 is 9.64 Å². The zero-order chi connectivity index (χ0) is 22.5. The van der Waals surface area contributed by atoms with Crippen LogP contribution in [0.2, 0.25) is 5.02 Å². The quantitative estimate of drug-likeness (QED) is 0.345. The Hall–Kier alpha value is -2.88. The predicted octanol–water partition coefficient (Wildman–Crippen LogP) is 4.42. The van der Waals surface area contributed by atoms with Gasteiger partial charge in [-0.3, -0.25) is 19.8 Å². The molecule has 2 aromatic carbocycles. The van der Waals surface area contributed by atoms with E-state index in [1.54, 1.807) is 36.3 Å². The third-order valence-electron chi connectivity index (χ3n) is 4.42. The molecule has 2 aromatic rings. The summed E-state index contributed by atoms with van der Waals surface area (Å²) in [5.41, 5.74) is 1.00. The van der Waals surface area contributed by atoms with Crippen LogP contribution < -0.4 is 4.74 Å². The van der Waals surface area contributed by atoms with Crippen molar-refractivity contribution in [3.63, 3.8) is 0 Å². The average Bonchev–Trinajstić information content (AvgIpc) is 3.02. The van der Waals surface area contributed by atoms with E-state index in [1.807, 2.05) is 31.1 Å². The number of likely N-dealkylation sites (N-methyl/N-ethyl adjacent to an activating group) is 1. The first-order valence-electron chi connectivity index (χ1n) is 9.31. The van der Waals surface area contributed by atoms with E-state index in [0.29, 0.717) is 40.2 Å². The van der Waals surface area contributed by atoms with Crippen LogP contribution in [0.5, 0.6) is 5.75 Å². The molecule has 1 heterocycles. The number of carbonyl (C=O) groups is 1. The Morgan fingerprint density at radius 1 is 1.26 bits per heavy atom. The van der Waals surface area contributed by atoms with E-state index < -0.39 is 4.92 Å². The molecule has 0 bridgehead atoms. The molecule has 1 aliphatic rings. The number of carbonyl (C=O) groups excluding carboxylic acids is 1. The summed E-state index contributed by atoms with van der Waals surface area (Å²) in [5, 5.41) is 11.8. The Balaban J connectivity index is 1.94. The summed E-state index contributed by atoms with van der Waals surface area (Å²) in [6.07, 6.45) is 1.62. The zero-order valence-electron chi connectivity index (χ0n) is 17.2. The molecule has 1 aliphatic heterocycles. The molecule has 0 spiro atoms. The lowest BCUT2D eigenvalue weighted by Crippen LogP contribution is -2.35. The van der Waals surface area contributed by atoms with Gasteiger partial charge in [-0.15, -0.1) is 0 Å². The fraction of sp³-hybridized carbons (Fsp3) is 0.238. The van der Waals surface area contributed by atoms with Crippen molar-refractivity contribution in [3.8, 4) is 5.75 Å². The predicted molar refractivity (Wildman–Crippen MR) is 124 cm³/mol. The van der Waals surface area contributed by atoms with Crippen LogP contribution in [-0.2, 0) is 4.79 Å². The Morgan fingerprint density at radius 2 is 1.97 bits per heavy atom. The number of amidine groups is 1. The summed E-state index contributed by atoms with van der Waals surface area (Å²) in [7, 11) is 5.45. The molecule has 1 fully saturated rings. The SMILES string of the molecule is COc1ccc(N=C2SC(=Cc3ccc(Cl)c([N+](=O)[O-])c3)C(=O)N2CCN(C)C)cc1. The van der Waals surface area contributed by atoms with E-state index in [-0.39, 0.29) is 16.6 Å². The number of methoxy groups -OCH3 is 1. The summed E-state index contributed by atoms with van der Waals surface area (Å²) < 4.78 is 5.17. The summed E-state index contributed by atoms with van der Waals surface area (Å²) in [6, 6.07) is 11.7. The number of nitrogens with zero attached hydrogens (tertiary/aromatic N) is 4. The van der Waals surface area contributed by atoms with Gasteiger partial charge >= 0.3 is 0 Å². The average molecular weight is 461 g/mol. The van der Waals surface area contributed by atoms with E-state index in [2.05, 4.69) is 4.99 Å². The number of hydrogen-bond acceptors (Lipinski definition) is 7. The Morgan fingerprint density at radius 3 is 2.58 bits per heavy atom. The second kappa shape index (κ2) is 9.95. The van der Waals surface area contributed by atoms with Crippen LogP contribution in [0.3, 0.4) is 0 Å². The minimum atomic E-state index is -0.548. The van der Waals surface area contributed by atoms with Crippen LogP contribution in [0.1, 0.15) is 5.56 Å². The highest BCUT2D eigenvalue weighted by molar-refractivity contribution is 8.18. The van der Waals surface area contributed by atoms with Gasteiger partial charge in [-0.1, -0.05) is 17.7 Å². The molecule has 0 saturated carbocycles. The number of aliphatic imine (C=N–C) groups is 1. The molecule has 8 nitrogen and oxygen atoms in total. The molecule has 162 valence electrons. The second-order valence-electron chi connectivity index (χ2n) is 6.93. The van der Waals surface area contributed by atoms with Crippen molar-refractivity contribution in [3.05, 3.63) is 68.1 Å². The second-order valence-corrected chi connectivity index (χ2v) is 8.35. The number of nitro benzene ring substituents is 1. The van der Waals surface area contributed by atoms with E-state index in [9.17, 15) is 14.9 Å². The van der Waals surface area contributed by atoms with Crippen LogP contribution >= 0.6 is 23.4 Å². The summed E-state index contributed by atoms with van der Waals surface area (Å²) in [4.78, 5) is 32.3. The van der Waals surface area contributed by atoms with Gasteiger partial charge in [0.1, 0.15) is 10.8 Å². The van der Waals surface area contributed by atoms with Gasteiger partial charge in [0, 0.05) is 19.2 Å². The van der Waals surface area contributed by atoms with Crippen molar-refractivity contribution in [2.24, 2.45) is 4.99 Å². The molecule has 0 aromatic heterocycles. The molecule has 10 heteroatoms. The maximum absolute atomic E-state index is 13.1. The molecule has 1 amide bonds. The maximum Gasteiger partial charge on any atom is 0.288 e. The normalized spacial score (nSPS) is 16.5. The highest BCUT2D eigenvalue weighted by Gasteiger charge is 2.33. The minimum Gasteiger partial charge on any atom is -0.497 e. The number of thioether (sulfide) groups is 1. The van der Waals surface area contributed by atoms with Crippen molar-refractivity contribution in [1.29, 1.82) is 0 Å². The zero-order valence-corrected chi connectivity index (χ0v) is 18.8. The first-order valence-corrected chi connectivity index (χ1v) is 10.5. The Kier molecular flexibility index (Phi) is 7.32. The maximum atomic E-state index is 13.1. The fourth-order valence-electron chi connectivity index (χ4n) is 2.77. The summed E-state index contributed by atoms with van der Waals surface area (Å²) in [5.74, 6) is 0.519. The third kappa shape index (κ3) is 5.63. The lowest BCUT2D eigenvalue weighted by molar-refractivity contribution is -0.384. The van der Waals surface area contributed by atoms with Crippen LogP contribution in [0.25, 0.3) is 6.08 Å². The lowest BCUT2D eigenvalue weighted by Gasteiger charge is -2.18. The Labute approximate surface area is 189 Å². The molecule has 1 saturated heterocycles. The molecule has 0 atom stereocenters. The van der Waals surface area contributed by atoms with Gasteiger partial charge in [0.15, 0.2) is 5.17 Å². The highest BCUT2D eigenvalue weighted by atomic mass is 35.5. The number of ether oxygens (including phenoxy) is 1. The minimum absolute atomic E-state index is 0.0481. The number of hydrogen-bond donors (Lipinski definition) is 0. The largest absolute Gasteiger partial charge is 0.497 e. The molecule has 0 N–H and O–H groups in total. The topological polar surface area (TPSA) is 88.3 Å². The van der Waals surface area contributed by atoms with Gasteiger partial charge in [-0.05, 0) is 67.8 Å². The van der Waals surface area contributed by atoms with Crippen molar-refractivity contribution in [1.82, 2.24) is 9.80 Å². The number of halogens is 1.